The van der Waals surface area contributed by atoms with Crippen LogP contribution in [-0.4, -0.2) is 0 Å². The topological polar surface area (TPSA) is 3.24 Å². The molecule has 0 spiro atoms. The Morgan fingerprint density at radius 3 is 2.09 bits per heavy atom. The fourth-order valence-electron chi connectivity index (χ4n) is 2.67. The average molecular weight is 437 g/mol. The summed E-state index contributed by atoms with van der Waals surface area (Å²) in [5.74, 6) is -0.508. The van der Waals surface area contributed by atoms with E-state index in [1.165, 1.54) is 23.5 Å². The van der Waals surface area contributed by atoms with Gasteiger partial charge in [0.25, 0.3) is 0 Å². The van der Waals surface area contributed by atoms with E-state index in [1.807, 2.05) is 24.3 Å². The van der Waals surface area contributed by atoms with Gasteiger partial charge in [-0.25, -0.2) is 8.78 Å². The van der Waals surface area contributed by atoms with Crippen molar-refractivity contribution in [2.45, 2.75) is 0 Å². The first-order valence-electron chi connectivity index (χ1n) is 6.97. The second kappa shape index (κ2) is 5.72. The maximum atomic E-state index is 14.1. The van der Waals surface area contributed by atoms with Gasteiger partial charge in [-0.05, 0) is 24.3 Å². The van der Waals surface area contributed by atoms with Crippen molar-refractivity contribution in [2.24, 2.45) is 0 Å². The molecule has 0 saturated heterocycles. The number of halogens is 3. The molecule has 0 aliphatic rings. The van der Waals surface area contributed by atoms with Gasteiger partial charge in [0, 0.05) is 10.8 Å². The van der Waals surface area contributed by atoms with Crippen LogP contribution in [0.2, 0.25) is 0 Å². The summed E-state index contributed by atoms with van der Waals surface area (Å²) in [6.45, 7) is 0. The zero-order chi connectivity index (χ0) is 16.0. The summed E-state index contributed by atoms with van der Waals surface area (Å²) < 4.78 is 31.5. The monoisotopic (exact) mass is 437 g/mol. The Balaban J connectivity index is 1.99. The van der Waals surface area contributed by atoms with E-state index in [4.69, 9.17) is 0 Å². The zero-order valence-corrected chi connectivity index (χ0v) is 14.7. The Hall–Kier alpha value is -1.73. The number of benzene rings is 3. The number of hydrogen-bond acceptors (Lipinski definition) is 2. The molecule has 5 heteroatoms. The van der Waals surface area contributed by atoms with Gasteiger partial charge in [0.15, 0.2) is 0 Å². The van der Waals surface area contributed by atoms with Gasteiger partial charge in [0.2, 0.25) is 0 Å². The number of fused-ring (bicyclic) bond motifs is 3. The van der Waals surface area contributed by atoms with Crippen molar-refractivity contribution in [3.05, 3.63) is 72.3 Å². The summed E-state index contributed by atoms with van der Waals surface area (Å²) in [5.41, 5.74) is 1.34. The molecule has 0 aliphatic heterocycles. The third-order valence-electron chi connectivity index (χ3n) is 3.73. The standard InChI is InChI=1S/C18H10F2INS/c19-13-7-1-2-9-15(13)22(21)16-10-4-6-12-11-5-3-8-14(20)17(11)23-18(12)16/h1-10H. The molecule has 1 aromatic heterocycles. The van der Waals surface area contributed by atoms with Gasteiger partial charge in [-0.1, -0.05) is 36.4 Å². The van der Waals surface area contributed by atoms with Crippen LogP contribution in [0, 0.1) is 11.6 Å². The summed E-state index contributed by atoms with van der Waals surface area (Å²) in [6.07, 6.45) is 0. The molecule has 1 nitrogen and oxygen atoms in total. The lowest BCUT2D eigenvalue weighted by molar-refractivity contribution is 0.631. The van der Waals surface area contributed by atoms with E-state index in [-0.39, 0.29) is 11.6 Å². The Bertz CT molecular complexity index is 1030. The quantitative estimate of drug-likeness (QED) is 0.246. The van der Waals surface area contributed by atoms with E-state index in [9.17, 15) is 8.78 Å². The van der Waals surface area contributed by atoms with Gasteiger partial charge in [0.05, 0.1) is 43.6 Å². The van der Waals surface area contributed by atoms with Crippen molar-refractivity contribution in [1.29, 1.82) is 0 Å². The summed E-state index contributed by atoms with van der Waals surface area (Å²) in [6, 6.07) is 17.6. The van der Waals surface area contributed by atoms with Crippen LogP contribution in [0.5, 0.6) is 0 Å². The summed E-state index contributed by atoms with van der Waals surface area (Å²) in [7, 11) is 0. The molecule has 1 heterocycles. The lowest BCUT2D eigenvalue weighted by Gasteiger charge is -2.18. The Morgan fingerprint density at radius 1 is 0.696 bits per heavy atom. The molecule has 0 bridgehead atoms. The number of rotatable bonds is 2. The van der Waals surface area contributed by atoms with E-state index in [0.29, 0.717) is 10.4 Å². The van der Waals surface area contributed by atoms with E-state index in [2.05, 4.69) is 22.9 Å². The first kappa shape index (κ1) is 14.8. The molecular weight excluding hydrogens is 427 g/mol. The highest BCUT2D eigenvalue weighted by Gasteiger charge is 2.17. The molecule has 23 heavy (non-hydrogen) atoms. The van der Waals surface area contributed by atoms with E-state index in [1.54, 1.807) is 27.4 Å². The van der Waals surface area contributed by atoms with Crippen LogP contribution in [0.15, 0.2) is 60.7 Å². The van der Waals surface area contributed by atoms with Gasteiger partial charge in [-0.15, -0.1) is 11.3 Å². The van der Waals surface area contributed by atoms with Crippen molar-refractivity contribution in [3.63, 3.8) is 0 Å². The number of hydrogen-bond donors (Lipinski definition) is 0. The highest BCUT2D eigenvalue weighted by molar-refractivity contribution is 14.1. The number of para-hydroxylation sites is 1. The molecule has 4 aromatic rings. The van der Waals surface area contributed by atoms with Crippen LogP contribution in [-0.2, 0) is 0 Å². The van der Waals surface area contributed by atoms with Gasteiger partial charge in [0.1, 0.15) is 11.6 Å². The smallest absolute Gasteiger partial charge is 0.147 e. The molecule has 0 radical (unpaired) electrons. The Morgan fingerprint density at radius 2 is 1.30 bits per heavy atom. The number of anilines is 2. The summed E-state index contributed by atoms with van der Waals surface area (Å²) in [5, 5.41) is 1.88. The van der Waals surface area contributed by atoms with Crippen molar-refractivity contribution in [1.82, 2.24) is 0 Å². The number of nitrogens with zero attached hydrogens (tertiary/aromatic N) is 1. The average Bonchev–Trinajstić information content (AvgIpc) is 2.95. The largest absolute Gasteiger partial charge is 0.279 e. The molecule has 0 amide bonds. The van der Waals surface area contributed by atoms with Crippen LogP contribution in [0.25, 0.3) is 20.2 Å². The second-order valence-electron chi connectivity index (χ2n) is 5.10. The molecule has 0 aliphatic carbocycles. The lowest BCUT2D eigenvalue weighted by Crippen LogP contribution is -2.02. The minimum Gasteiger partial charge on any atom is -0.279 e. The van der Waals surface area contributed by atoms with Crippen molar-refractivity contribution in [3.8, 4) is 0 Å². The van der Waals surface area contributed by atoms with Gasteiger partial charge >= 0.3 is 0 Å². The molecule has 4 rings (SSSR count). The fraction of sp³-hybridized carbons (Fsp3) is 0. The first-order valence-corrected chi connectivity index (χ1v) is 8.75. The van der Waals surface area contributed by atoms with Crippen molar-refractivity contribution in [2.75, 3.05) is 3.11 Å². The number of thiophene rings is 1. The molecule has 114 valence electrons. The molecule has 3 aromatic carbocycles. The summed E-state index contributed by atoms with van der Waals surface area (Å²) >= 11 is 3.49. The third kappa shape index (κ3) is 2.38. The first-order chi connectivity index (χ1) is 11.2. The lowest BCUT2D eigenvalue weighted by atomic mass is 10.1. The zero-order valence-electron chi connectivity index (χ0n) is 11.8. The maximum absolute atomic E-state index is 14.1. The normalized spacial score (nSPS) is 11.3. The van der Waals surface area contributed by atoms with Gasteiger partial charge < -0.3 is 0 Å². The van der Waals surface area contributed by atoms with Crippen molar-refractivity contribution < 1.29 is 8.78 Å². The minimum atomic E-state index is -0.286. The predicted octanol–water partition coefficient (Wildman–Crippen LogP) is 6.82. The molecule has 0 fully saturated rings. The molecule has 0 unspecified atom stereocenters. The van der Waals surface area contributed by atoms with Crippen LogP contribution in [0.1, 0.15) is 0 Å². The molecular formula is C18H10F2INS. The predicted molar refractivity (Wildman–Crippen MR) is 102 cm³/mol. The minimum absolute atomic E-state index is 0.222. The molecule has 0 N–H and O–H groups in total. The van der Waals surface area contributed by atoms with Crippen LogP contribution in [0.4, 0.5) is 20.2 Å². The Labute approximate surface area is 149 Å². The van der Waals surface area contributed by atoms with E-state index in [0.717, 1.165) is 21.2 Å². The van der Waals surface area contributed by atoms with E-state index < -0.39 is 0 Å². The van der Waals surface area contributed by atoms with Crippen LogP contribution >= 0.6 is 34.2 Å². The van der Waals surface area contributed by atoms with Gasteiger partial charge in [-0.2, -0.15) is 0 Å². The van der Waals surface area contributed by atoms with Crippen molar-refractivity contribution >= 4 is 65.7 Å². The van der Waals surface area contributed by atoms with Crippen LogP contribution < -0.4 is 3.11 Å². The fourth-order valence-corrected chi connectivity index (χ4v) is 4.83. The highest BCUT2D eigenvalue weighted by Crippen LogP contribution is 2.43. The SMILES string of the molecule is Fc1ccccc1N(I)c1cccc2c1sc1c(F)cccc12. The summed E-state index contributed by atoms with van der Waals surface area (Å²) in [4.78, 5) is 0. The molecule has 0 atom stereocenters. The molecule has 0 saturated carbocycles. The van der Waals surface area contributed by atoms with Gasteiger partial charge in [-0.3, -0.25) is 3.11 Å². The maximum Gasteiger partial charge on any atom is 0.147 e. The third-order valence-corrected chi connectivity index (χ3v) is 6.02. The Kier molecular flexibility index (Phi) is 3.69. The van der Waals surface area contributed by atoms with Crippen LogP contribution in [0.3, 0.4) is 0 Å². The second-order valence-corrected chi connectivity index (χ2v) is 7.09. The van der Waals surface area contributed by atoms with E-state index >= 15 is 0 Å². The highest BCUT2D eigenvalue weighted by atomic mass is 127.